The number of carbonyl (C=O) groups is 1. The summed E-state index contributed by atoms with van der Waals surface area (Å²) in [4.78, 5) is 16.7. The average molecular weight is 429 g/mol. The van der Waals surface area contributed by atoms with Gasteiger partial charge in [0.05, 0.1) is 16.9 Å². The van der Waals surface area contributed by atoms with Gasteiger partial charge >= 0.3 is 6.18 Å². The van der Waals surface area contributed by atoms with Gasteiger partial charge in [0.2, 0.25) is 0 Å². The number of alkyl halides is 3. The fraction of sp³-hybridized carbons (Fsp3) is 0.273. The molecular formula is C22H22F3N5O. The lowest BCUT2D eigenvalue weighted by atomic mass is 10.1. The van der Waals surface area contributed by atoms with E-state index in [2.05, 4.69) is 15.3 Å². The van der Waals surface area contributed by atoms with Gasteiger partial charge in [-0.25, -0.2) is 4.68 Å². The van der Waals surface area contributed by atoms with Crippen LogP contribution in [-0.4, -0.2) is 53.8 Å². The van der Waals surface area contributed by atoms with Crippen molar-refractivity contribution < 1.29 is 18.0 Å². The number of rotatable bonds is 4. The highest BCUT2D eigenvalue weighted by Crippen LogP contribution is 2.37. The molecule has 1 fully saturated rings. The van der Waals surface area contributed by atoms with Crippen LogP contribution in [0.2, 0.25) is 0 Å². The van der Waals surface area contributed by atoms with Crippen LogP contribution in [0.4, 0.5) is 24.5 Å². The number of nitrogens with zero attached hydrogens (tertiary/aromatic N) is 4. The third kappa shape index (κ3) is 4.72. The lowest BCUT2D eigenvalue weighted by molar-refractivity contribution is -0.136. The number of aromatic nitrogens is 2. The third-order valence-corrected chi connectivity index (χ3v) is 5.32. The summed E-state index contributed by atoms with van der Waals surface area (Å²) in [6, 6.07) is 12.3. The van der Waals surface area contributed by atoms with Crippen molar-refractivity contribution in [2.24, 2.45) is 0 Å². The minimum atomic E-state index is -4.59. The molecule has 1 aliphatic heterocycles. The van der Waals surface area contributed by atoms with Crippen LogP contribution in [0.15, 0.2) is 60.9 Å². The van der Waals surface area contributed by atoms with E-state index in [9.17, 15) is 18.0 Å². The molecule has 1 amide bonds. The van der Waals surface area contributed by atoms with Crippen molar-refractivity contribution in [2.45, 2.75) is 6.18 Å². The first kappa shape index (κ1) is 20.9. The standard InChI is InChI=1S/C22H22F3N5O/c1-28-11-13-29(14-12-28)18-7-8-20(19(15-18)22(23,24)25)27-21(31)16-3-5-17(6-4-16)30-10-2-9-26-30/h2-10,15H,11-14H2,1H3,(H,27,31). The molecule has 6 nitrogen and oxygen atoms in total. The van der Waals surface area contributed by atoms with Gasteiger partial charge in [0, 0.05) is 49.8 Å². The van der Waals surface area contributed by atoms with Crippen LogP contribution in [0.25, 0.3) is 5.69 Å². The van der Waals surface area contributed by atoms with Gasteiger partial charge in [-0.15, -0.1) is 0 Å². The second-order valence-electron chi connectivity index (χ2n) is 7.47. The van der Waals surface area contributed by atoms with Crippen LogP contribution in [-0.2, 0) is 6.18 Å². The number of benzene rings is 2. The Hall–Kier alpha value is -3.33. The molecule has 4 rings (SSSR count). The number of piperazine rings is 1. The maximum absolute atomic E-state index is 13.7. The number of anilines is 2. The molecular weight excluding hydrogens is 407 g/mol. The van der Waals surface area contributed by atoms with E-state index in [1.54, 1.807) is 53.5 Å². The zero-order chi connectivity index (χ0) is 22.0. The van der Waals surface area contributed by atoms with Gasteiger partial charge in [-0.05, 0) is 55.6 Å². The van der Waals surface area contributed by atoms with Crippen molar-refractivity contribution in [3.05, 3.63) is 72.1 Å². The Labute approximate surface area is 177 Å². The minimum absolute atomic E-state index is 0.257. The number of nitrogens with one attached hydrogen (secondary N) is 1. The molecule has 1 aromatic heterocycles. The lowest BCUT2D eigenvalue weighted by Gasteiger charge is -2.34. The molecule has 0 radical (unpaired) electrons. The molecule has 2 heterocycles. The number of carbonyl (C=O) groups excluding carboxylic acids is 1. The van der Waals surface area contributed by atoms with Crippen molar-refractivity contribution in [1.29, 1.82) is 0 Å². The van der Waals surface area contributed by atoms with E-state index in [0.29, 0.717) is 18.8 Å². The van der Waals surface area contributed by atoms with E-state index >= 15 is 0 Å². The summed E-state index contributed by atoms with van der Waals surface area (Å²) < 4.78 is 42.8. The lowest BCUT2D eigenvalue weighted by Crippen LogP contribution is -2.44. The summed E-state index contributed by atoms with van der Waals surface area (Å²) >= 11 is 0. The Morgan fingerprint density at radius 2 is 1.68 bits per heavy atom. The minimum Gasteiger partial charge on any atom is -0.369 e. The molecule has 0 aliphatic carbocycles. The van der Waals surface area contributed by atoms with Crippen LogP contribution in [0.1, 0.15) is 15.9 Å². The van der Waals surface area contributed by atoms with Crippen LogP contribution in [0.3, 0.4) is 0 Å². The Bertz CT molecular complexity index is 1040. The molecule has 0 atom stereocenters. The smallest absolute Gasteiger partial charge is 0.369 e. The molecule has 9 heteroatoms. The maximum atomic E-state index is 13.7. The van der Waals surface area contributed by atoms with Gasteiger partial charge in [-0.3, -0.25) is 4.79 Å². The number of hydrogen-bond donors (Lipinski definition) is 1. The summed E-state index contributed by atoms with van der Waals surface area (Å²) in [5.74, 6) is -0.607. The number of hydrogen-bond acceptors (Lipinski definition) is 4. The van der Waals surface area contributed by atoms with E-state index in [0.717, 1.165) is 24.8 Å². The molecule has 31 heavy (non-hydrogen) atoms. The van der Waals surface area contributed by atoms with Crippen molar-refractivity contribution in [3.8, 4) is 5.69 Å². The van der Waals surface area contributed by atoms with E-state index in [4.69, 9.17) is 0 Å². The first-order valence-electron chi connectivity index (χ1n) is 9.87. The first-order valence-corrected chi connectivity index (χ1v) is 9.87. The Balaban J connectivity index is 1.55. The van der Waals surface area contributed by atoms with Gasteiger partial charge in [-0.1, -0.05) is 0 Å². The largest absolute Gasteiger partial charge is 0.418 e. The second-order valence-corrected chi connectivity index (χ2v) is 7.47. The quantitative estimate of drug-likeness (QED) is 0.684. The summed E-state index contributed by atoms with van der Waals surface area (Å²) in [7, 11) is 1.98. The van der Waals surface area contributed by atoms with Crippen LogP contribution in [0.5, 0.6) is 0 Å². The van der Waals surface area contributed by atoms with Gasteiger partial charge in [0.1, 0.15) is 0 Å². The van der Waals surface area contributed by atoms with Gasteiger partial charge < -0.3 is 15.1 Å². The highest BCUT2D eigenvalue weighted by molar-refractivity contribution is 6.04. The molecule has 1 N–H and O–H groups in total. The van der Waals surface area contributed by atoms with E-state index in [-0.39, 0.29) is 11.3 Å². The molecule has 0 bridgehead atoms. The SMILES string of the molecule is CN1CCN(c2ccc(NC(=O)c3ccc(-n4cccn4)cc3)c(C(F)(F)F)c2)CC1. The topological polar surface area (TPSA) is 53.4 Å². The van der Waals surface area contributed by atoms with Crippen molar-refractivity contribution in [2.75, 3.05) is 43.4 Å². The van der Waals surface area contributed by atoms with Crippen LogP contribution in [0, 0.1) is 0 Å². The van der Waals surface area contributed by atoms with E-state index in [1.165, 1.54) is 6.07 Å². The summed E-state index contributed by atoms with van der Waals surface area (Å²) in [5, 5.41) is 6.52. The molecule has 0 saturated carbocycles. The second kappa shape index (κ2) is 8.43. The third-order valence-electron chi connectivity index (χ3n) is 5.32. The zero-order valence-electron chi connectivity index (χ0n) is 16.9. The van der Waals surface area contributed by atoms with Crippen molar-refractivity contribution >= 4 is 17.3 Å². The predicted molar refractivity (Wildman–Crippen MR) is 113 cm³/mol. The highest BCUT2D eigenvalue weighted by atomic mass is 19.4. The molecule has 162 valence electrons. The highest BCUT2D eigenvalue weighted by Gasteiger charge is 2.35. The predicted octanol–water partition coefficient (Wildman–Crippen LogP) is 3.90. The Morgan fingerprint density at radius 1 is 1.00 bits per heavy atom. The molecule has 1 aliphatic rings. The van der Waals surface area contributed by atoms with Crippen LogP contribution < -0.4 is 10.2 Å². The maximum Gasteiger partial charge on any atom is 0.418 e. The molecule has 0 unspecified atom stereocenters. The average Bonchev–Trinajstić information content (AvgIpc) is 3.29. The van der Waals surface area contributed by atoms with E-state index in [1.807, 2.05) is 11.9 Å². The fourth-order valence-corrected chi connectivity index (χ4v) is 3.52. The fourth-order valence-electron chi connectivity index (χ4n) is 3.52. The monoisotopic (exact) mass is 429 g/mol. The number of likely N-dealkylation sites (N-methyl/N-ethyl adjacent to an activating group) is 1. The molecule has 3 aromatic rings. The Kier molecular flexibility index (Phi) is 5.69. The number of halogens is 3. The summed E-state index contributed by atoms with van der Waals surface area (Å²) in [5.41, 5.74) is 0.389. The molecule has 1 saturated heterocycles. The van der Waals surface area contributed by atoms with Gasteiger partial charge in [0.15, 0.2) is 0 Å². The van der Waals surface area contributed by atoms with Gasteiger partial charge in [-0.2, -0.15) is 18.3 Å². The molecule has 2 aromatic carbocycles. The summed E-state index contributed by atoms with van der Waals surface area (Å²) in [6.45, 7) is 2.88. The van der Waals surface area contributed by atoms with Crippen molar-refractivity contribution in [3.63, 3.8) is 0 Å². The zero-order valence-corrected chi connectivity index (χ0v) is 16.9. The van der Waals surface area contributed by atoms with Gasteiger partial charge in [0.25, 0.3) is 5.91 Å². The van der Waals surface area contributed by atoms with Crippen LogP contribution >= 0.6 is 0 Å². The number of amides is 1. The normalized spacial score (nSPS) is 15.2. The first-order chi connectivity index (χ1) is 14.8. The molecule has 0 spiro atoms. The van der Waals surface area contributed by atoms with E-state index < -0.39 is 17.6 Å². The van der Waals surface area contributed by atoms with Crippen molar-refractivity contribution in [1.82, 2.24) is 14.7 Å². The Morgan fingerprint density at radius 3 is 2.29 bits per heavy atom. The summed E-state index contributed by atoms with van der Waals surface area (Å²) in [6.07, 6.45) is -1.20.